The molecule has 5 nitrogen and oxygen atoms in total. The number of carbonyl (C=O) groups is 1. The standard InChI is InChI=1S/C18H20N4O/c1-3-21(14-8-5-4-6-9-14)17(23)12-22-13(2)20-18-15(19)10-7-11-16(18)22/h4-11H,3,12,19H2,1-2H3. The quantitative estimate of drug-likeness (QED) is 0.754. The highest BCUT2D eigenvalue weighted by Gasteiger charge is 2.17. The number of aryl methyl sites for hydroxylation is 1. The predicted octanol–water partition coefficient (Wildman–Crippen LogP) is 2.98. The number of likely N-dealkylation sites (N-methyl/N-ethyl adjacent to an activating group) is 1. The SMILES string of the molecule is CCN(C(=O)Cn1c(C)nc2c(N)cccc21)c1ccccc1. The third-order valence-corrected chi connectivity index (χ3v) is 3.98. The van der Waals surface area contributed by atoms with Crippen molar-refractivity contribution in [2.75, 3.05) is 17.2 Å². The van der Waals surface area contributed by atoms with E-state index in [2.05, 4.69) is 4.98 Å². The molecule has 118 valence electrons. The molecule has 0 fully saturated rings. The second-order valence-electron chi connectivity index (χ2n) is 5.43. The van der Waals surface area contributed by atoms with E-state index in [9.17, 15) is 4.79 Å². The van der Waals surface area contributed by atoms with Gasteiger partial charge in [-0.15, -0.1) is 0 Å². The first-order valence-corrected chi connectivity index (χ1v) is 7.68. The van der Waals surface area contributed by atoms with Gasteiger partial charge in [-0.05, 0) is 38.1 Å². The molecule has 0 aliphatic rings. The Kier molecular flexibility index (Phi) is 4.02. The maximum Gasteiger partial charge on any atom is 0.246 e. The van der Waals surface area contributed by atoms with Gasteiger partial charge in [0.2, 0.25) is 5.91 Å². The number of anilines is 2. The number of aromatic nitrogens is 2. The first-order chi connectivity index (χ1) is 11.1. The van der Waals surface area contributed by atoms with Crippen LogP contribution in [0.15, 0.2) is 48.5 Å². The molecule has 1 aromatic heterocycles. The highest BCUT2D eigenvalue weighted by atomic mass is 16.2. The summed E-state index contributed by atoms with van der Waals surface area (Å²) < 4.78 is 1.92. The summed E-state index contributed by atoms with van der Waals surface area (Å²) >= 11 is 0. The van der Waals surface area contributed by atoms with E-state index in [-0.39, 0.29) is 12.5 Å². The van der Waals surface area contributed by atoms with Gasteiger partial charge in [0.05, 0.1) is 11.2 Å². The molecule has 0 radical (unpaired) electrons. The van der Waals surface area contributed by atoms with E-state index in [1.54, 1.807) is 4.90 Å². The Morgan fingerprint density at radius 3 is 2.61 bits per heavy atom. The maximum atomic E-state index is 12.8. The van der Waals surface area contributed by atoms with Gasteiger partial charge in [-0.1, -0.05) is 24.3 Å². The third kappa shape index (κ3) is 2.77. The van der Waals surface area contributed by atoms with Crippen molar-refractivity contribution in [3.8, 4) is 0 Å². The molecule has 0 aliphatic heterocycles. The monoisotopic (exact) mass is 308 g/mol. The number of carbonyl (C=O) groups excluding carboxylic acids is 1. The van der Waals surface area contributed by atoms with Crippen molar-refractivity contribution in [2.24, 2.45) is 0 Å². The number of imidazole rings is 1. The lowest BCUT2D eigenvalue weighted by Gasteiger charge is -2.21. The second-order valence-corrected chi connectivity index (χ2v) is 5.43. The van der Waals surface area contributed by atoms with E-state index in [1.165, 1.54) is 0 Å². The number of nitrogens with zero attached hydrogens (tertiary/aromatic N) is 3. The second kappa shape index (κ2) is 6.12. The van der Waals surface area contributed by atoms with Gasteiger partial charge in [0, 0.05) is 12.2 Å². The molecule has 5 heteroatoms. The number of nitrogen functional groups attached to an aromatic ring is 1. The van der Waals surface area contributed by atoms with Crippen LogP contribution in [0.4, 0.5) is 11.4 Å². The van der Waals surface area contributed by atoms with Crippen LogP contribution >= 0.6 is 0 Å². The topological polar surface area (TPSA) is 64.2 Å². The molecule has 0 atom stereocenters. The Morgan fingerprint density at radius 2 is 1.91 bits per heavy atom. The summed E-state index contributed by atoms with van der Waals surface area (Å²) in [5.74, 6) is 0.818. The van der Waals surface area contributed by atoms with Gasteiger partial charge in [0.15, 0.2) is 0 Å². The minimum atomic E-state index is 0.0310. The van der Waals surface area contributed by atoms with Crippen molar-refractivity contribution < 1.29 is 4.79 Å². The van der Waals surface area contributed by atoms with Crippen LogP contribution in [0.25, 0.3) is 11.0 Å². The summed E-state index contributed by atoms with van der Waals surface area (Å²) in [5, 5.41) is 0. The maximum absolute atomic E-state index is 12.8. The lowest BCUT2D eigenvalue weighted by atomic mass is 10.2. The smallest absolute Gasteiger partial charge is 0.246 e. The van der Waals surface area contributed by atoms with Gasteiger partial charge in [0.1, 0.15) is 17.9 Å². The number of fused-ring (bicyclic) bond motifs is 1. The number of hydrogen-bond acceptors (Lipinski definition) is 3. The highest BCUT2D eigenvalue weighted by Crippen LogP contribution is 2.22. The van der Waals surface area contributed by atoms with Crippen LogP contribution in [-0.4, -0.2) is 22.0 Å². The van der Waals surface area contributed by atoms with Crippen molar-refractivity contribution in [1.29, 1.82) is 0 Å². The molecule has 1 heterocycles. The van der Waals surface area contributed by atoms with Gasteiger partial charge in [-0.3, -0.25) is 4.79 Å². The Balaban J connectivity index is 1.94. The summed E-state index contributed by atoms with van der Waals surface area (Å²) in [5.41, 5.74) is 9.15. The Labute approximate surface area is 135 Å². The number of amides is 1. The van der Waals surface area contributed by atoms with Gasteiger partial charge in [0.25, 0.3) is 0 Å². The first kappa shape index (κ1) is 15.1. The minimum absolute atomic E-state index is 0.0310. The molecule has 0 aliphatic carbocycles. The average Bonchev–Trinajstić information content (AvgIpc) is 2.87. The van der Waals surface area contributed by atoms with E-state index in [1.807, 2.05) is 66.9 Å². The van der Waals surface area contributed by atoms with E-state index in [0.717, 1.165) is 22.5 Å². The molecular formula is C18H20N4O. The third-order valence-electron chi connectivity index (χ3n) is 3.98. The summed E-state index contributed by atoms with van der Waals surface area (Å²) in [6, 6.07) is 15.3. The summed E-state index contributed by atoms with van der Waals surface area (Å²) in [4.78, 5) is 19.0. The van der Waals surface area contributed by atoms with Crippen LogP contribution in [0.3, 0.4) is 0 Å². The van der Waals surface area contributed by atoms with E-state index < -0.39 is 0 Å². The Bertz CT molecular complexity index is 839. The Hall–Kier alpha value is -2.82. The molecule has 0 saturated heterocycles. The summed E-state index contributed by atoms with van der Waals surface area (Å²) in [6.07, 6.45) is 0. The fourth-order valence-electron chi connectivity index (χ4n) is 2.82. The van der Waals surface area contributed by atoms with E-state index in [0.29, 0.717) is 12.2 Å². The number of benzene rings is 2. The van der Waals surface area contributed by atoms with Crippen LogP contribution in [0.5, 0.6) is 0 Å². The molecule has 3 rings (SSSR count). The number of hydrogen-bond donors (Lipinski definition) is 1. The molecule has 2 aromatic carbocycles. The molecular weight excluding hydrogens is 288 g/mol. The molecule has 0 saturated carbocycles. The lowest BCUT2D eigenvalue weighted by molar-refractivity contribution is -0.119. The summed E-state index contributed by atoms with van der Waals surface area (Å²) in [6.45, 7) is 4.73. The zero-order valence-corrected chi connectivity index (χ0v) is 13.4. The molecule has 3 aromatic rings. The van der Waals surface area contributed by atoms with Crippen molar-refractivity contribution in [3.63, 3.8) is 0 Å². The van der Waals surface area contributed by atoms with E-state index >= 15 is 0 Å². The van der Waals surface area contributed by atoms with Crippen molar-refractivity contribution in [3.05, 3.63) is 54.4 Å². The van der Waals surface area contributed by atoms with Gasteiger partial charge in [-0.2, -0.15) is 0 Å². The van der Waals surface area contributed by atoms with Crippen LogP contribution in [0.1, 0.15) is 12.7 Å². The first-order valence-electron chi connectivity index (χ1n) is 7.68. The minimum Gasteiger partial charge on any atom is -0.397 e. The van der Waals surface area contributed by atoms with Crippen LogP contribution < -0.4 is 10.6 Å². The van der Waals surface area contributed by atoms with Gasteiger partial charge in [-0.25, -0.2) is 4.98 Å². The van der Waals surface area contributed by atoms with E-state index in [4.69, 9.17) is 5.73 Å². The molecule has 23 heavy (non-hydrogen) atoms. The van der Waals surface area contributed by atoms with Gasteiger partial charge < -0.3 is 15.2 Å². The molecule has 0 unspecified atom stereocenters. The largest absolute Gasteiger partial charge is 0.397 e. The molecule has 0 bridgehead atoms. The fourth-order valence-corrected chi connectivity index (χ4v) is 2.82. The Morgan fingerprint density at radius 1 is 1.17 bits per heavy atom. The lowest BCUT2D eigenvalue weighted by Crippen LogP contribution is -2.33. The number of nitrogens with two attached hydrogens (primary N) is 1. The van der Waals surface area contributed by atoms with Gasteiger partial charge >= 0.3 is 0 Å². The zero-order valence-electron chi connectivity index (χ0n) is 13.4. The van der Waals surface area contributed by atoms with Crippen molar-refractivity contribution in [1.82, 2.24) is 9.55 Å². The average molecular weight is 308 g/mol. The normalized spacial score (nSPS) is 10.9. The van der Waals surface area contributed by atoms with Crippen LogP contribution in [0.2, 0.25) is 0 Å². The molecule has 0 spiro atoms. The predicted molar refractivity (Wildman–Crippen MR) is 93.4 cm³/mol. The summed E-state index contributed by atoms with van der Waals surface area (Å²) in [7, 11) is 0. The van der Waals surface area contributed by atoms with Crippen LogP contribution in [-0.2, 0) is 11.3 Å². The number of rotatable bonds is 4. The highest BCUT2D eigenvalue weighted by molar-refractivity contribution is 5.95. The molecule has 1 amide bonds. The fraction of sp³-hybridized carbons (Fsp3) is 0.222. The van der Waals surface area contributed by atoms with Crippen molar-refractivity contribution >= 4 is 28.3 Å². The van der Waals surface area contributed by atoms with Crippen LogP contribution in [0, 0.1) is 6.92 Å². The van der Waals surface area contributed by atoms with Crippen molar-refractivity contribution in [2.45, 2.75) is 20.4 Å². The zero-order chi connectivity index (χ0) is 16.4. The molecule has 2 N–H and O–H groups in total. The number of para-hydroxylation sites is 2.